The van der Waals surface area contributed by atoms with Crippen LogP contribution in [0.5, 0.6) is 0 Å². The molecule has 2 aliphatic rings. The molecule has 0 spiro atoms. The fraction of sp³-hybridized carbons (Fsp3) is 0.417. The van der Waals surface area contributed by atoms with Gasteiger partial charge in [0.25, 0.3) is 5.91 Å². The highest BCUT2D eigenvalue weighted by Crippen LogP contribution is 2.43. The maximum absolute atomic E-state index is 13.5. The van der Waals surface area contributed by atoms with E-state index in [0.29, 0.717) is 18.7 Å². The molecule has 2 aromatic carbocycles. The third kappa shape index (κ3) is 4.04. The van der Waals surface area contributed by atoms with E-state index in [1.807, 2.05) is 23.1 Å². The van der Waals surface area contributed by atoms with Crippen LogP contribution in [0, 0.1) is 5.82 Å². The molecule has 4 rings (SSSR count). The second-order valence-corrected chi connectivity index (χ2v) is 8.20. The first-order chi connectivity index (χ1) is 14.1. The molecule has 0 bridgehead atoms. The smallest absolute Gasteiger partial charge is 0.251 e. The predicted molar refractivity (Wildman–Crippen MR) is 110 cm³/mol. The summed E-state index contributed by atoms with van der Waals surface area (Å²) in [6.07, 6.45) is 5.19. The molecule has 1 heterocycles. The molecule has 29 heavy (non-hydrogen) atoms. The molecule has 5 heteroatoms. The van der Waals surface area contributed by atoms with E-state index >= 15 is 0 Å². The largest absolute Gasteiger partial charge is 0.349 e. The van der Waals surface area contributed by atoms with E-state index in [2.05, 4.69) is 5.32 Å². The van der Waals surface area contributed by atoms with Crippen LogP contribution in [0.3, 0.4) is 0 Å². The molecule has 0 radical (unpaired) electrons. The molecule has 0 unspecified atom stereocenters. The highest BCUT2D eigenvalue weighted by atomic mass is 19.1. The molecule has 2 aromatic rings. The molecule has 152 valence electrons. The first kappa shape index (κ1) is 19.6. The van der Waals surface area contributed by atoms with Gasteiger partial charge in [-0.25, -0.2) is 4.39 Å². The normalized spacial score (nSPS) is 19.1. The van der Waals surface area contributed by atoms with Crippen LogP contribution >= 0.6 is 0 Å². The lowest BCUT2D eigenvalue weighted by molar-refractivity contribution is -0.138. The van der Waals surface area contributed by atoms with Crippen molar-refractivity contribution in [3.63, 3.8) is 0 Å². The summed E-state index contributed by atoms with van der Waals surface area (Å²) < 4.78 is 13.4. The van der Waals surface area contributed by atoms with Gasteiger partial charge in [0, 0.05) is 24.7 Å². The van der Waals surface area contributed by atoms with Gasteiger partial charge in [0.15, 0.2) is 0 Å². The summed E-state index contributed by atoms with van der Waals surface area (Å²) >= 11 is 0. The van der Waals surface area contributed by atoms with Crippen molar-refractivity contribution in [2.45, 2.75) is 50.0 Å². The van der Waals surface area contributed by atoms with Crippen molar-refractivity contribution >= 4 is 11.8 Å². The van der Waals surface area contributed by atoms with Gasteiger partial charge in [-0.3, -0.25) is 9.59 Å². The minimum Gasteiger partial charge on any atom is -0.349 e. The molecular weight excluding hydrogens is 367 g/mol. The van der Waals surface area contributed by atoms with Crippen molar-refractivity contribution in [1.29, 1.82) is 0 Å². The van der Waals surface area contributed by atoms with E-state index in [4.69, 9.17) is 0 Å². The van der Waals surface area contributed by atoms with E-state index in [0.717, 1.165) is 44.1 Å². The number of rotatable bonds is 4. The second kappa shape index (κ2) is 8.36. The Hall–Kier alpha value is -2.69. The number of carbonyl (C=O) groups excluding carboxylic acids is 2. The number of hydrogen-bond acceptors (Lipinski definition) is 2. The molecule has 1 aliphatic carbocycles. The lowest BCUT2D eigenvalue weighted by atomic mass is 9.77. The maximum atomic E-state index is 13.5. The average molecular weight is 394 g/mol. The Morgan fingerprint density at radius 3 is 2.17 bits per heavy atom. The molecule has 1 saturated carbocycles. The minimum absolute atomic E-state index is 0.0612. The Morgan fingerprint density at radius 1 is 0.931 bits per heavy atom. The van der Waals surface area contributed by atoms with Crippen molar-refractivity contribution in [2.75, 3.05) is 13.1 Å². The molecule has 4 nitrogen and oxygen atoms in total. The summed E-state index contributed by atoms with van der Waals surface area (Å²) in [7, 11) is 0. The highest BCUT2D eigenvalue weighted by Gasteiger charge is 2.45. The standard InChI is InChI=1S/C24H27FN2O2/c25-20-10-8-19(9-11-20)24(14-4-5-15-24)23(29)27-16-12-21(13-17-27)26-22(28)18-6-2-1-3-7-18/h1-3,6-11,21H,4-5,12-17H2,(H,26,28). The van der Waals surface area contributed by atoms with E-state index < -0.39 is 5.41 Å². The molecule has 0 aromatic heterocycles. The second-order valence-electron chi connectivity index (χ2n) is 8.20. The monoisotopic (exact) mass is 394 g/mol. The third-order valence-electron chi connectivity index (χ3n) is 6.42. The van der Waals surface area contributed by atoms with Gasteiger partial charge in [-0.05, 0) is 55.5 Å². The Morgan fingerprint density at radius 2 is 1.55 bits per heavy atom. The van der Waals surface area contributed by atoms with Crippen LogP contribution < -0.4 is 5.32 Å². The molecule has 1 aliphatic heterocycles. The summed E-state index contributed by atoms with van der Waals surface area (Å²) in [5.41, 5.74) is 1.07. The summed E-state index contributed by atoms with van der Waals surface area (Å²) in [6, 6.07) is 15.7. The van der Waals surface area contributed by atoms with E-state index in [9.17, 15) is 14.0 Å². The number of hydrogen-bond donors (Lipinski definition) is 1. The lowest BCUT2D eigenvalue weighted by Crippen LogP contribution is -2.51. The highest BCUT2D eigenvalue weighted by molar-refractivity contribution is 5.94. The average Bonchev–Trinajstić information content (AvgIpc) is 3.26. The minimum atomic E-state index is -0.520. The number of carbonyl (C=O) groups is 2. The molecule has 2 fully saturated rings. The van der Waals surface area contributed by atoms with Crippen molar-refractivity contribution in [3.05, 3.63) is 71.5 Å². The number of benzene rings is 2. The molecule has 0 atom stereocenters. The lowest BCUT2D eigenvalue weighted by Gasteiger charge is -2.39. The number of amides is 2. The molecule has 2 amide bonds. The van der Waals surface area contributed by atoms with Crippen LogP contribution in [0.1, 0.15) is 54.4 Å². The van der Waals surface area contributed by atoms with Gasteiger partial charge in [-0.15, -0.1) is 0 Å². The zero-order chi connectivity index (χ0) is 20.3. The maximum Gasteiger partial charge on any atom is 0.251 e. The van der Waals surface area contributed by atoms with Gasteiger partial charge < -0.3 is 10.2 Å². The van der Waals surface area contributed by atoms with Gasteiger partial charge in [0.1, 0.15) is 5.82 Å². The quantitative estimate of drug-likeness (QED) is 0.850. The number of halogens is 1. The van der Waals surface area contributed by atoms with Crippen LogP contribution in [0.2, 0.25) is 0 Å². The molecular formula is C24H27FN2O2. The van der Waals surface area contributed by atoms with E-state index in [-0.39, 0.29) is 23.7 Å². The Balaban J connectivity index is 1.40. The van der Waals surface area contributed by atoms with Gasteiger partial charge >= 0.3 is 0 Å². The van der Waals surface area contributed by atoms with Crippen molar-refractivity contribution in [2.24, 2.45) is 0 Å². The Bertz CT molecular complexity index is 852. The van der Waals surface area contributed by atoms with E-state index in [1.54, 1.807) is 24.3 Å². The topological polar surface area (TPSA) is 49.4 Å². The summed E-state index contributed by atoms with van der Waals surface area (Å²) in [4.78, 5) is 27.8. The number of piperidine rings is 1. The summed E-state index contributed by atoms with van der Waals surface area (Å²) in [5, 5.41) is 3.09. The van der Waals surface area contributed by atoms with Crippen LogP contribution in [0.15, 0.2) is 54.6 Å². The van der Waals surface area contributed by atoms with Gasteiger partial charge in [0.05, 0.1) is 5.41 Å². The molecule has 1 N–H and O–H groups in total. The van der Waals surface area contributed by atoms with Crippen molar-refractivity contribution in [3.8, 4) is 0 Å². The van der Waals surface area contributed by atoms with Gasteiger partial charge in [-0.2, -0.15) is 0 Å². The number of nitrogens with zero attached hydrogens (tertiary/aromatic N) is 1. The van der Waals surface area contributed by atoms with Crippen LogP contribution in [-0.4, -0.2) is 35.8 Å². The first-order valence-electron chi connectivity index (χ1n) is 10.5. The predicted octanol–water partition coefficient (Wildman–Crippen LogP) is 4.06. The summed E-state index contributed by atoms with van der Waals surface area (Å²) in [6.45, 7) is 1.28. The van der Waals surface area contributed by atoms with Crippen LogP contribution in [0.25, 0.3) is 0 Å². The van der Waals surface area contributed by atoms with Gasteiger partial charge in [0.2, 0.25) is 5.91 Å². The van der Waals surface area contributed by atoms with Gasteiger partial charge in [-0.1, -0.05) is 43.2 Å². The zero-order valence-electron chi connectivity index (χ0n) is 16.6. The zero-order valence-corrected chi connectivity index (χ0v) is 16.6. The molecule has 1 saturated heterocycles. The van der Waals surface area contributed by atoms with Crippen molar-refractivity contribution < 1.29 is 14.0 Å². The van der Waals surface area contributed by atoms with Crippen molar-refractivity contribution in [1.82, 2.24) is 10.2 Å². The Kier molecular flexibility index (Phi) is 5.65. The number of likely N-dealkylation sites (tertiary alicyclic amines) is 1. The number of nitrogens with one attached hydrogen (secondary N) is 1. The van der Waals surface area contributed by atoms with Crippen LogP contribution in [-0.2, 0) is 10.2 Å². The fourth-order valence-corrected chi connectivity index (χ4v) is 4.76. The Labute approximate surface area is 171 Å². The summed E-state index contributed by atoms with van der Waals surface area (Å²) in [5.74, 6) is -0.173. The first-order valence-corrected chi connectivity index (χ1v) is 10.5. The van der Waals surface area contributed by atoms with Crippen LogP contribution in [0.4, 0.5) is 4.39 Å². The third-order valence-corrected chi connectivity index (χ3v) is 6.42. The van der Waals surface area contributed by atoms with E-state index in [1.165, 1.54) is 12.1 Å². The fourth-order valence-electron chi connectivity index (χ4n) is 4.76. The SMILES string of the molecule is O=C(NC1CCN(C(=O)C2(c3ccc(F)cc3)CCCC2)CC1)c1ccccc1.